The zero-order chi connectivity index (χ0) is 17.7. The number of carbonyl (C=O) groups is 1. The lowest BCUT2D eigenvalue weighted by Crippen LogP contribution is -2.13. The highest BCUT2D eigenvalue weighted by atomic mass is 19.1. The number of benzene rings is 2. The molecule has 0 aliphatic carbocycles. The molecule has 2 aromatic rings. The van der Waals surface area contributed by atoms with E-state index in [0.717, 1.165) is 11.1 Å². The molecule has 2 rings (SSSR count). The first kappa shape index (κ1) is 20.6. The molecule has 0 amide bonds. The lowest BCUT2D eigenvalue weighted by Gasteiger charge is -2.18. The molecule has 0 N–H and O–H groups in total. The molecular weight excluding hydrogens is 291 g/mol. The van der Waals surface area contributed by atoms with E-state index in [4.69, 9.17) is 4.74 Å². The van der Waals surface area contributed by atoms with E-state index in [9.17, 15) is 9.18 Å². The number of carbonyl (C=O) groups excluding carboxylic acids is 1. The van der Waals surface area contributed by atoms with Gasteiger partial charge in [-0.3, -0.25) is 4.39 Å². The molecule has 2 aromatic carbocycles. The van der Waals surface area contributed by atoms with Crippen LogP contribution in [0.3, 0.4) is 0 Å². The summed E-state index contributed by atoms with van der Waals surface area (Å²) >= 11 is 0. The maximum Gasteiger partial charge on any atom is 0.334 e. The van der Waals surface area contributed by atoms with Crippen LogP contribution < -0.4 is 0 Å². The van der Waals surface area contributed by atoms with Gasteiger partial charge in [0.2, 0.25) is 0 Å². The van der Waals surface area contributed by atoms with Crippen LogP contribution in [0, 0.1) is 0 Å². The van der Waals surface area contributed by atoms with Gasteiger partial charge in [0.1, 0.15) is 0 Å². The molecule has 0 aliphatic rings. The molecule has 0 saturated carbocycles. The van der Waals surface area contributed by atoms with Crippen LogP contribution in [-0.2, 0) is 9.53 Å². The first-order chi connectivity index (χ1) is 11.2. The molecule has 0 unspecified atom stereocenters. The van der Waals surface area contributed by atoms with E-state index in [0.29, 0.717) is 12.8 Å². The second-order valence-corrected chi connectivity index (χ2v) is 4.39. The predicted molar refractivity (Wildman–Crippen MR) is 94.0 cm³/mol. The number of alkyl halides is 1. The molecule has 23 heavy (non-hydrogen) atoms. The van der Waals surface area contributed by atoms with Gasteiger partial charge in [0, 0.05) is 5.57 Å². The van der Waals surface area contributed by atoms with Gasteiger partial charge < -0.3 is 4.74 Å². The van der Waals surface area contributed by atoms with Crippen LogP contribution in [0.4, 0.5) is 4.39 Å². The predicted octanol–water partition coefficient (Wildman–Crippen LogP) is 5.51. The summed E-state index contributed by atoms with van der Waals surface area (Å²) in [4.78, 5) is 11.8. The molecular formula is C20H25FO2. The average Bonchev–Trinajstić information content (AvgIpc) is 2.64. The van der Waals surface area contributed by atoms with Gasteiger partial charge in [0.05, 0.1) is 7.18 Å². The number of halogens is 1. The largest absolute Gasteiger partial charge is 0.449 e. The summed E-state index contributed by atoms with van der Waals surface area (Å²) < 4.78 is 15.0. The number of esters is 1. The molecule has 0 radical (unpaired) electrons. The maximum atomic E-state index is 11.8. The van der Waals surface area contributed by atoms with Gasteiger partial charge in [-0.15, -0.1) is 0 Å². The third kappa shape index (κ3) is 6.92. The molecule has 0 spiro atoms. The van der Waals surface area contributed by atoms with E-state index in [1.807, 2.05) is 74.5 Å². The Morgan fingerprint density at radius 3 is 1.57 bits per heavy atom. The van der Waals surface area contributed by atoms with E-state index in [1.165, 1.54) is 0 Å². The fraction of sp³-hybridized carbons (Fsp3) is 0.250. The lowest BCUT2D eigenvalue weighted by molar-refractivity contribution is -0.142. The Morgan fingerprint density at radius 1 is 0.913 bits per heavy atom. The maximum absolute atomic E-state index is 11.8. The van der Waals surface area contributed by atoms with E-state index in [1.54, 1.807) is 6.92 Å². The molecule has 0 fully saturated rings. The summed E-state index contributed by atoms with van der Waals surface area (Å²) in [5.74, 6) is -0.377. The standard InChI is InChI=1S/C17H16O2.C2H6.CH3F/c1-13(2)17(18)19-16(14-9-5-3-6-10-14)15-11-7-4-8-12-15;2*1-2/h3-12,16H,1H2,2H3;1-2H3;1H3. The Balaban J connectivity index is 0.00000112. The van der Waals surface area contributed by atoms with Crippen molar-refractivity contribution < 1.29 is 13.9 Å². The molecule has 124 valence electrons. The summed E-state index contributed by atoms with van der Waals surface area (Å²) in [6.07, 6.45) is -0.397. The third-order valence-corrected chi connectivity index (χ3v) is 2.78. The summed E-state index contributed by atoms with van der Waals surface area (Å²) in [5.41, 5.74) is 2.29. The summed E-state index contributed by atoms with van der Waals surface area (Å²) in [6.45, 7) is 9.27. The Bertz CT molecular complexity index is 525. The van der Waals surface area contributed by atoms with Crippen LogP contribution in [0.25, 0.3) is 0 Å². The molecule has 2 nitrogen and oxygen atoms in total. The molecule has 0 bridgehead atoms. The van der Waals surface area contributed by atoms with Crippen LogP contribution in [-0.4, -0.2) is 13.1 Å². The van der Waals surface area contributed by atoms with Gasteiger partial charge in [0.15, 0.2) is 6.10 Å². The Kier molecular flexibility index (Phi) is 10.9. The number of rotatable bonds is 4. The first-order valence-electron chi connectivity index (χ1n) is 7.52. The second kappa shape index (κ2) is 12.2. The van der Waals surface area contributed by atoms with Gasteiger partial charge in [-0.2, -0.15) is 0 Å². The highest BCUT2D eigenvalue weighted by molar-refractivity contribution is 5.87. The lowest BCUT2D eigenvalue weighted by atomic mass is 10.0. The molecule has 0 heterocycles. The Hall–Kier alpha value is -2.42. The fourth-order valence-electron chi connectivity index (χ4n) is 1.79. The van der Waals surface area contributed by atoms with Crippen LogP contribution in [0.15, 0.2) is 72.8 Å². The average molecular weight is 316 g/mol. The van der Waals surface area contributed by atoms with Crippen molar-refractivity contribution in [2.45, 2.75) is 26.9 Å². The quantitative estimate of drug-likeness (QED) is 0.549. The van der Waals surface area contributed by atoms with Crippen LogP contribution >= 0.6 is 0 Å². The van der Waals surface area contributed by atoms with Crippen molar-refractivity contribution in [1.29, 1.82) is 0 Å². The summed E-state index contributed by atoms with van der Waals surface area (Å²) in [5, 5.41) is 0. The van der Waals surface area contributed by atoms with Crippen LogP contribution in [0.5, 0.6) is 0 Å². The van der Waals surface area contributed by atoms with Crippen molar-refractivity contribution in [1.82, 2.24) is 0 Å². The molecule has 0 atom stereocenters. The molecule has 3 heteroatoms. The second-order valence-electron chi connectivity index (χ2n) is 4.39. The number of hydrogen-bond acceptors (Lipinski definition) is 2. The van der Waals surface area contributed by atoms with E-state index in [-0.39, 0.29) is 5.97 Å². The van der Waals surface area contributed by atoms with Crippen LogP contribution in [0.1, 0.15) is 38.0 Å². The monoisotopic (exact) mass is 316 g/mol. The van der Waals surface area contributed by atoms with Crippen molar-refractivity contribution in [2.24, 2.45) is 0 Å². The van der Waals surface area contributed by atoms with Crippen molar-refractivity contribution in [3.05, 3.63) is 83.9 Å². The normalized spacial score (nSPS) is 8.96. The van der Waals surface area contributed by atoms with Crippen molar-refractivity contribution in [3.63, 3.8) is 0 Å². The molecule has 0 aliphatic heterocycles. The minimum absolute atomic E-state index is 0.377. The zero-order valence-electron chi connectivity index (χ0n) is 14.3. The van der Waals surface area contributed by atoms with Crippen molar-refractivity contribution in [2.75, 3.05) is 7.18 Å². The van der Waals surface area contributed by atoms with Gasteiger partial charge in [-0.1, -0.05) is 81.1 Å². The van der Waals surface area contributed by atoms with Gasteiger partial charge in [-0.25, -0.2) is 4.79 Å². The van der Waals surface area contributed by atoms with Crippen molar-refractivity contribution >= 4 is 5.97 Å². The third-order valence-electron chi connectivity index (χ3n) is 2.78. The highest BCUT2D eigenvalue weighted by Crippen LogP contribution is 2.26. The summed E-state index contributed by atoms with van der Waals surface area (Å²) in [6, 6.07) is 19.4. The number of ether oxygens (including phenoxy) is 1. The van der Waals surface area contributed by atoms with E-state index < -0.39 is 6.10 Å². The molecule has 0 aromatic heterocycles. The smallest absolute Gasteiger partial charge is 0.334 e. The minimum atomic E-state index is -0.397. The van der Waals surface area contributed by atoms with Gasteiger partial charge in [-0.05, 0) is 18.1 Å². The van der Waals surface area contributed by atoms with E-state index in [2.05, 4.69) is 6.58 Å². The Labute approximate surface area is 138 Å². The highest BCUT2D eigenvalue weighted by Gasteiger charge is 2.18. The first-order valence-corrected chi connectivity index (χ1v) is 7.52. The topological polar surface area (TPSA) is 26.3 Å². The fourth-order valence-corrected chi connectivity index (χ4v) is 1.79. The molecule has 0 saturated heterocycles. The van der Waals surface area contributed by atoms with Gasteiger partial charge >= 0.3 is 5.97 Å². The zero-order valence-corrected chi connectivity index (χ0v) is 14.3. The van der Waals surface area contributed by atoms with Crippen LogP contribution in [0.2, 0.25) is 0 Å². The Morgan fingerprint density at radius 2 is 1.26 bits per heavy atom. The van der Waals surface area contributed by atoms with Crippen molar-refractivity contribution in [3.8, 4) is 0 Å². The minimum Gasteiger partial charge on any atom is -0.449 e. The van der Waals surface area contributed by atoms with E-state index >= 15 is 0 Å². The SMILES string of the molecule is C=C(C)C(=O)OC(c1ccccc1)c1ccccc1.CC.CF. The summed E-state index contributed by atoms with van der Waals surface area (Å²) in [7, 11) is 0.500. The van der Waals surface area contributed by atoms with Gasteiger partial charge in [0.25, 0.3) is 0 Å². The number of hydrogen-bond donors (Lipinski definition) is 0.